The molecule has 0 saturated carbocycles. The van der Waals surface area contributed by atoms with Gasteiger partial charge >= 0.3 is 0 Å². The number of piperidine rings is 1. The third-order valence-electron chi connectivity index (χ3n) is 6.60. The number of hydrogen-bond acceptors (Lipinski definition) is 6. The number of nitrogens with one attached hydrogen (secondary N) is 1. The normalized spacial score (nSPS) is 19.3. The maximum atomic E-state index is 12.7. The summed E-state index contributed by atoms with van der Waals surface area (Å²) in [6.45, 7) is 3.77. The van der Waals surface area contributed by atoms with E-state index >= 15 is 0 Å². The van der Waals surface area contributed by atoms with E-state index in [2.05, 4.69) is 21.4 Å². The van der Waals surface area contributed by atoms with Crippen molar-refractivity contribution in [3.8, 4) is 0 Å². The van der Waals surface area contributed by atoms with Gasteiger partial charge in [-0.2, -0.15) is 0 Å². The molecule has 3 aliphatic heterocycles. The number of likely N-dealkylation sites (tertiary alicyclic amines) is 2. The molecule has 0 aliphatic carbocycles. The average Bonchev–Trinajstić information content (AvgIpc) is 3.29. The lowest BCUT2D eigenvalue weighted by Gasteiger charge is -2.50. The molecular formula is C24H25N5O3S. The predicted molar refractivity (Wildman–Crippen MR) is 126 cm³/mol. The molecule has 8 nitrogen and oxygen atoms in total. The van der Waals surface area contributed by atoms with Gasteiger partial charge in [0.2, 0.25) is 17.7 Å². The molecule has 2 fully saturated rings. The molecule has 0 unspecified atom stereocenters. The summed E-state index contributed by atoms with van der Waals surface area (Å²) in [7, 11) is 0. The summed E-state index contributed by atoms with van der Waals surface area (Å²) in [6.07, 6.45) is 9.41. The van der Waals surface area contributed by atoms with Crippen LogP contribution in [0, 0.1) is 5.41 Å². The Bertz CT molecular complexity index is 1150. The van der Waals surface area contributed by atoms with Gasteiger partial charge in [0.15, 0.2) is 0 Å². The lowest BCUT2D eigenvalue weighted by atomic mass is 9.72. The monoisotopic (exact) mass is 463 g/mol. The van der Waals surface area contributed by atoms with Crippen LogP contribution in [0.25, 0.3) is 12.2 Å². The molecule has 1 N–H and O–H groups in total. The van der Waals surface area contributed by atoms with E-state index in [1.54, 1.807) is 34.6 Å². The zero-order chi connectivity index (χ0) is 23.0. The van der Waals surface area contributed by atoms with Gasteiger partial charge in [-0.3, -0.25) is 14.4 Å². The van der Waals surface area contributed by atoms with Crippen molar-refractivity contribution in [2.45, 2.75) is 26.2 Å². The molecular weight excluding hydrogens is 438 g/mol. The number of anilines is 1. The van der Waals surface area contributed by atoms with E-state index in [-0.39, 0.29) is 17.7 Å². The van der Waals surface area contributed by atoms with E-state index in [1.807, 2.05) is 21.9 Å². The van der Waals surface area contributed by atoms with Gasteiger partial charge in [-0.05, 0) is 48.6 Å². The molecule has 0 radical (unpaired) electrons. The van der Waals surface area contributed by atoms with Crippen molar-refractivity contribution in [1.29, 1.82) is 0 Å². The number of fused-ring (bicyclic) bond motifs is 1. The highest BCUT2D eigenvalue weighted by atomic mass is 32.1. The number of pyridine rings is 1. The minimum atomic E-state index is -0.573. The topological polar surface area (TPSA) is 95.5 Å². The number of carbonyl (C=O) groups excluding carboxylic acids is 3. The number of thiazole rings is 1. The molecule has 9 heteroatoms. The van der Waals surface area contributed by atoms with E-state index in [1.165, 1.54) is 12.5 Å². The van der Waals surface area contributed by atoms with E-state index in [9.17, 15) is 14.4 Å². The highest BCUT2D eigenvalue weighted by Crippen LogP contribution is 2.40. The average molecular weight is 464 g/mol. The number of amides is 3. The summed E-state index contributed by atoms with van der Waals surface area (Å²) in [4.78, 5) is 49.0. The Morgan fingerprint density at radius 2 is 1.97 bits per heavy atom. The molecule has 2 aromatic rings. The highest BCUT2D eigenvalue weighted by Gasteiger charge is 2.52. The molecule has 3 amide bonds. The Kier molecular flexibility index (Phi) is 5.57. The fraction of sp³-hybridized carbons (Fsp3) is 0.375. The molecule has 170 valence electrons. The van der Waals surface area contributed by atoms with Crippen LogP contribution in [-0.4, -0.2) is 63.7 Å². The Labute approximate surface area is 196 Å². The Morgan fingerprint density at radius 1 is 1.18 bits per heavy atom. The second-order valence-electron chi connectivity index (χ2n) is 8.94. The second-order valence-corrected chi connectivity index (χ2v) is 9.66. The third kappa shape index (κ3) is 4.32. The van der Waals surface area contributed by atoms with E-state index in [0.29, 0.717) is 38.4 Å². The smallest absolute Gasteiger partial charge is 0.246 e. The summed E-state index contributed by atoms with van der Waals surface area (Å²) in [5.41, 5.74) is 5.31. The molecule has 3 aliphatic rings. The van der Waals surface area contributed by atoms with E-state index < -0.39 is 5.41 Å². The first-order valence-electron chi connectivity index (χ1n) is 11.0. The summed E-state index contributed by atoms with van der Waals surface area (Å²) in [6, 6.07) is 1.97. The van der Waals surface area contributed by atoms with Gasteiger partial charge < -0.3 is 15.1 Å². The molecule has 2 saturated heterocycles. The van der Waals surface area contributed by atoms with Crippen molar-refractivity contribution in [3.63, 3.8) is 0 Å². The van der Waals surface area contributed by atoms with Crippen molar-refractivity contribution in [3.05, 3.63) is 51.6 Å². The van der Waals surface area contributed by atoms with Crippen molar-refractivity contribution in [2.24, 2.45) is 5.41 Å². The van der Waals surface area contributed by atoms with Crippen LogP contribution in [0.1, 0.15) is 36.6 Å². The minimum Gasteiger partial charge on any atom is -0.341 e. The van der Waals surface area contributed by atoms with Crippen molar-refractivity contribution >= 4 is 47.0 Å². The van der Waals surface area contributed by atoms with Crippen LogP contribution < -0.4 is 5.32 Å². The number of nitrogens with zero attached hydrogens (tertiary/aromatic N) is 4. The van der Waals surface area contributed by atoms with Gasteiger partial charge in [0.25, 0.3) is 0 Å². The molecule has 33 heavy (non-hydrogen) atoms. The Hall–Kier alpha value is -3.33. The largest absolute Gasteiger partial charge is 0.341 e. The first-order valence-corrected chi connectivity index (χ1v) is 12.0. The van der Waals surface area contributed by atoms with Crippen LogP contribution in [-0.2, 0) is 20.8 Å². The van der Waals surface area contributed by atoms with Gasteiger partial charge in [-0.1, -0.05) is 5.57 Å². The SMILES string of the molecule is CC(=O)N1CC2(Cc3cc(C=CC(=O)N4CCC(=Cc5cscn5)CC4)cnc3NC2=O)C1. The van der Waals surface area contributed by atoms with E-state index in [0.717, 1.165) is 29.7 Å². The maximum absolute atomic E-state index is 12.7. The first-order chi connectivity index (χ1) is 15.9. The van der Waals surface area contributed by atoms with Crippen LogP contribution in [0.4, 0.5) is 5.82 Å². The maximum Gasteiger partial charge on any atom is 0.246 e. The minimum absolute atomic E-state index is 0.0127. The van der Waals surface area contributed by atoms with Crippen molar-refractivity contribution in [1.82, 2.24) is 19.8 Å². The van der Waals surface area contributed by atoms with Gasteiger partial charge in [-0.15, -0.1) is 11.3 Å². The van der Waals surface area contributed by atoms with Crippen LogP contribution in [0.2, 0.25) is 0 Å². The van der Waals surface area contributed by atoms with Gasteiger partial charge in [0.05, 0.1) is 16.6 Å². The third-order valence-corrected chi connectivity index (χ3v) is 7.21. The lowest BCUT2D eigenvalue weighted by Crippen LogP contribution is -2.65. The summed E-state index contributed by atoms with van der Waals surface area (Å²) < 4.78 is 0. The van der Waals surface area contributed by atoms with Gasteiger partial charge in [-0.25, -0.2) is 9.97 Å². The van der Waals surface area contributed by atoms with Gasteiger partial charge in [0.1, 0.15) is 5.82 Å². The molecule has 0 atom stereocenters. The number of rotatable bonds is 3. The molecule has 5 heterocycles. The summed E-state index contributed by atoms with van der Waals surface area (Å²) >= 11 is 1.58. The van der Waals surface area contributed by atoms with Crippen molar-refractivity contribution in [2.75, 3.05) is 31.5 Å². The van der Waals surface area contributed by atoms with Crippen LogP contribution in [0.3, 0.4) is 0 Å². The lowest BCUT2D eigenvalue weighted by molar-refractivity contribution is -0.149. The van der Waals surface area contributed by atoms with Crippen LogP contribution in [0.15, 0.2) is 34.8 Å². The fourth-order valence-electron chi connectivity index (χ4n) is 4.65. The zero-order valence-electron chi connectivity index (χ0n) is 18.4. The van der Waals surface area contributed by atoms with E-state index in [4.69, 9.17) is 0 Å². The Morgan fingerprint density at radius 3 is 2.67 bits per heavy atom. The Balaban J connectivity index is 1.21. The second kappa shape index (κ2) is 8.55. The first kappa shape index (κ1) is 21.5. The quantitative estimate of drug-likeness (QED) is 0.706. The summed E-state index contributed by atoms with van der Waals surface area (Å²) in [5.74, 6) is 0.454. The molecule has 0 bridgehead atoms. The van der Waals surface area contributed by atoms with Gasteiger partial charge in [0, 0.05) is 50.8 Å². The molecule has 1 spiro atoms. The molecule has 5 rings (SSSR count). The highest BCUT2D eigenvalue weighted by molar-refractivity contribution is 7.07. The number of aromatic nitrogens is 2. The predicted octanol–water partition coefficient (Wildman–Crippen LogP) is 2.60. The van der Waals surface area contributed by atoms with Crippen LogP contribution in [0.5, 0.6) is 0 Å². The molecule has 2 aromatic heterocycles. The molecule has 0 aromatic carbocycles. The zero-order valence-corrected chi connectivity index (χ0v) is 19.2. The van der Waals surface area contributed by atoms with Crippen LogP contribution >= 0.6 is 11.3 Å². The summed E-state index contributed by atoms with van der Waals surface area (Å²) in [5, 5.41) is 4.90. The van der Waals surface area contributed by atoms with Crippen molar-refractivity contribution < 1.29 is 14.4 Å². The number of carbonyl (C=O) groups is 3. The standard InChI is InChI=1S/C24H25N5O3S/c1-16(30)29-13-24(14-29)10-19-8-18(11-25-22(19)27-23(24)32)2-3-21(31)28-6-4-17(5-7-28)9-20-12-33-15-26-20/h2-3,8-9,11-12,15H,4-7,10,13-14H2,1H3,(H,25,27,32). The fourth-order valence-corrected chi connectivity index (χ4v) is 5.16. The number of hydrogen-bond donors (Lipinski definition) is 1.